The van der Waals surface area contributed by atoms with Crippen molar-refractivity contribution in [3.05, 3.63) is 41.7 Å². The van der Waals surface area contributed by atoms with E-state index >= 15 is 0 Å². The van der Waals surface area contributed by atoms with E-state index in [1.807, 2.05) is 19.9 Å². The van der Waals surface area contributed by atoms with Gasteiger partial charge in [0.25, 0.3) is 0 Å². The summed E-state index contributed by atoms with van der Waals surface area (Å²) in [6.45, 7) is 6.11. The molecule has 132 valence electrons. The van der Waals surface area contributed by atoms with Crippen LogP contribution in [0.3, 0.4) is 0 Å². The SMILES string of the molecule is CCNC(=O)C1CCN(c2nnc(-c3ccccc3F)cc2C)CC1. The Morgan fingerprint density at radius 2 is 2.00 bits per heavy atom. The molecule has 0 bridgehead atoms. The number of nitrogens with one attached hydrogen (secondary N) is 1. The van der Waals surface area contributed by atoms with Crippen LogP contribution in [0.25, 0.3) is 11.3 Å². The Bertz CT molecular complexity index is 757. The third-order valence-electron chi connectivity index (χ3n) is 4.62. The minimum Gasteiger partial charge on any atom is -0.356 e. The van der Waals surface area contributed by atoms with Crippen molar-refractivity contribution in [2.24, 2.45) is 5.92 Å². The van der Waals surface area contributed by atoms with Crippen molar-refractivity contribution in [1.82, 2.24) is 15.5 Å². The van der Waals surface area contributed by atoms with Gasteiger partial charge in [-0.15, -0.1) is 10.2 Å². The number of nitrogens with zero attached hydrogens (tertiary/aromatic N) is 3. The zero-order valence-electron chi connectivity index (χ0n) is 14.6. The van der Waals surface area contributed by atoms with E-state index in [0.717, 1.165) is 37.3 Å². The van der Waals surface area contributed by atoms with E-state index in [9.17, 15) is 9.18 Å². The number of carbonyl (C=O) groups is 1. The van der Waals surface area contributed by atoms with Crippen molar-refractivity contribution in [3.63, 3.8) is 0 Å². The highest BCUT2D eigenvalue weighted by Crippen LogP contribution is 2.27. The van der Waals surface area contributed by atoms with Crippen LogP contribution in [0.2, 0.25) is 0 Å². The summed E-state index contributed by atoms with van der Waals surface area (Å²) >= 11 is 0. The highest BCUT2D eigenvalue weighted by atomic mass is 19.1. The molecule has 0 aliphatic carbocycles. The minimum atomic E-state index is -0.299. The quantitative estimate of drug-likeness (QED) is 0.928. The predicted molar refractivity (Wildman–Crippen MR) is 95.8 cm³/mol. The molecule has 0 unspecified atom stereocenters. The molecule has 0 radical (unpaired) electrons. The highest BCUT2D eigenvalue weighted by molar-refractivity contribution is 5.79. The van der Waals surface area contributed by atoms with Gasteiger partial charge < -0.3 is 10.2 Å². The van der Waals surface area contributed by atoms with Gasteiger partial charge in [-0.1, -0.05) is 12.1 Å². The Morgan fingerprint density at radius 3 is 2.64 bits per heavy atom. The molecule has 0 spiro atoms. The monoisotopic (exact) mass is 342 g/mol. The molecular formula is C19H23FN4O. The lowest BCUT2D eigenvalue weighted by Gasteiger charge is -2.32. The second kappa shape index (κ2) is 7.59. The molecule has 0 saturated carbocycles. The van der Waals surface area contributed by atoms with Gasteiger partial charge in [-0.05, 0) is 50.5 Å². The fourth-order valence-electron chi connectivity index (χ4n) is 3.26. The lowest BCUT2D eigenvalue weighted by Crippen LogP contribution is -2.41. The maximum Gasteiger partial charge on any atom is 0.223 e. The fraction of sp³-hybridized carbons (Fsp3) is 0.421. The number of hydrogen-bond acceptors (Lipinski definition) is 4. The van der Waals surface area contributed by atoms with Gasteiger partial charge in [0.1, 0.15) is 5.82 Å². The van der Waals surface area contributed by atoms with Crippen LogP contribution in [0.15, 0.2) is 30.3 Å². The molecule has 1 aromatic heterocycles. The third kappa shape index (κ3) is 3.78. The second-order valence-corrected chi connectivity index (χ2v) is 6.37. The summed E-state index contributed by atoms with van der Waals surface area (Å²) < 4.78 is 13.9. The molecule has 1 aliphatic rings. The van der Waals surface area contributed by atoms with Crippen molar-refractivity contribution in [3.8, 4) is 11.3 Å². The summed E-state index contributed by atoms with van der Waals surface area (Å²) in [6, 6.07) is 8.45. The molecule has 0 atom stereocenters. The number of hydrogen-bond donors (Lipinski definition) is 1. The van der Waals surface area contributed by atoms with E-state index < -0.39 is 0 Å². The van der Waals surface area contributed by atoms with E-state index in [2.05, 4.69) is 20.4 Å². The lowest BCUT2D eigenvalue weighted by molar-refractivity contribution is -0.125. The average Bonchev–Trinajstić information content (AvgIpc) is 2.62. The molecule has 5 nitrogen and oxygen atoms in total. The van der Waals surface area contributed by atoms with Gasteiger partial charge >= 0.3 is 0 Å². The number of amides is 1. The predicted octanol–water partition coefficient (Wildman–Crippen LogP) is 2.94. The van der Waals surface area contributed by atoms with Gasteiger partial charge in [-0.2, -0.15) is 0 Å². The molecule has 2 aromatic rings. The number of carbonyl (C=O) groups excluding carboxylic acids is 1. The molecule has 25 heavy (non-hydrogen) atoms. The number of aryl methyl sites for hydroxylation is 1. The standard InChI is InChI=1S/C19H23FN4O/c1-3-21-19(25)14-8-10-24(11-9-14)18-13(2)12-17(22-23-18)15-6-4-5-7-16(15)20/h4-7,12,14H,3,8-11H2,1-2H3,(H,21,25). The molecule has 2 heterocycles. The van der Waals surface area contributed by atoms with Crippen molar-refractivity contribution < 1.29 is 9.18 Å². The van der Waals surface area contributed by atoms with Gasteiger partial charge in [-0.3, -0.25) is 4.79 Å². The van der Waals surface area contributed by atoms with Crippen LogP contribution in [0.5, 0.6) is 0 Å². The van der Waals surface area contributed by atoms with Crippen LogP contribution in [0, 0.1) is 18.7 Å². The van der Waals surface area contributed by atoms with Gasteiger partial charge in [0, 0.05) is 31.1 Å². The molecule has 1 amide bonds. The molecular weight excluding hydrogens is 319 g/mol. The Hall–Kier alpha value is -2.50. The summed E-state index contributed by atoms with van der Waals surface area (Å²) in [5, 5.41) is 11.4. The summed E-state index contributed by atoms with van der Waals surface area (Å²) in [7, 11) is 0. The molecule has 1 saturated heterocycles. The van der Waals surface area contributed by atoms with Crippen LogP contribution in [-0.2, 0) is 4.79 Å². The fourth-order valence-corrected chi connectivity index (χ4v) is 3.26. The first-order valence-corrected chi connectivity index (χ1v) is 8.72. The summed E-state index contributed by atoms with van der Waals surface area (Å²) in [5.41, 5.74) is 1.96. The average molecular weight is 342 g/mol. The number of piperidine rings is 1. The van der Waals surface area contributed by atoms with Gasteiger partial charge in [0.05, 0.1) is 5.69 Å². The van der Waals surface area contributed by atoms with E-state index in [4.69, 9.17) is 0 Å². The second-order valence-electron chi connectivity index (χ2n) is 6.37. The van der Waals surface area contributed by atoms with Crippen molar-refractivity contribution in [1.29, 1.82) is 0 Å². The molecule has 3 rings (SSSR count). The summed E-state index contributed by atoms with van der Waals surface area (Å²) in [5.74, 6) is 0.725. The van der Waals surface area contributed by atoms with Gasteiger partial charge in [0.15, 0.2) is 5.82 Å². The molecule has 1 aromatic carbocycles. The number of aromatic nitrogens is 2. The number of anilines is 1. The molecule has 1 fully saturated rings. The summed E-state index contributed by atoms with van der Waals surface area (Å²) in [6.07, 6.45) is 1.62. The van der Waals surface area contributed by atoms with Crippen molar-refractivity contribution in [2.75, 3.05) is 24.5 Å². The third-order valence-corrected chi connectivity index (χ3v) is 4.62. The zero-order valence-corrected chi connectivity index (χ0v) is 14.6. The van der Waals surface area contributed by atoms with Crippen LogP contribution >= 0.6 is 0 Å². The minimum absolute atomic E-state index is 0.0714. The topological polar surface area (TPSA) is 58.1 Å². The number of halogens is 1. The maximum atomic E-state index is 13.9. The largest absolute Gasteiger partial charge is 0.356 e. The van der Waals surface area contributed by atoms with Crippen molar-refractivity contribution >= 4 is 11.7 Å². The highest BCUT2D eigenvalue weighted by Gasteiger charge is 2.26. The smallest absolute Gasteiger partial charge is 0.223 e. The number of rotatable bonds is 4. The van der Waals surface area contributed by atoms with Crippen LogP contribution in [-0.4, -0.2) is 35.7 Å². The Labute approximate surface area is 147 Å². The van der Waals surface area contributed by atoms with Crippen LogP contribution < -0.4 is 10.2 Å². The van der Waals surface area contributed by atoms with Crippen molar-refractivity contribution in [2.45, 2.75) is 26.7 Å². The van der Waals surface area contributed by atoms with Crippen LogP contribution in [0.1, 0.15) is 25.3 Å². The Balaban J connectivity index is 1.72. The lowest BCUT2D eigenvalue weighted by atomic mass is 9.95. The zero-order chi connectivity index (χ0) is 17.8. The molecule has 1 N–H and O–H groups in total. The normalized spacial score (nSPS) is 15.2. The summed E-state index contributed by atoms with van der Waals surface area (Å²) in [4.78, 5) is 14.1. The Morgan fingerprint density at radius 1 is 1.28 bits per heavy atom. The van der Waals surface area contributed by atoms with Gasteiger partial charge in [0.2, 0.25) is 5.91 Å². The van der Waals surface area contributed by atoms with Crippen LogP contribution in [0.4, 0.5) is 10.2 Å². The number of benzene rings is 1. The van der Waals surface area contributed by atoms with E-state index in [0.29, 0.717) is 17.8 Å². The first kappa shape index (κ1) is 17.3. The van der Waals surface area contributed by atoms with E-state index in [-0.39, 0.29) is 17.6 Å². The first-order chi connectivity index (χ1) is 12.1. The molecule has 1 aliphatic heterocycles. The first-order valence-electron chi connectivity index (χ1n) is 8.72. The van der Waals surface area contributed by atoms with E-state index in [1.165, 1.54) is 6.07 Å². The molecule has 6 heteroatoms. The Kier molecular flexibility index (Phi) is 5.26. The van der Waals surface area contributed by atoms with E-state index in [1.54, 1.807) is 18.2 Å². The maximum absolute atomic E-state index is 13.9. The van der Waals surface area contributed by atoms with Gasteiger partial charge in [-0.25, -0.2) is 4.39 Å².